The summed E-state index contributed by atoms with van der Waals surface area (Å²) in [5, 5.41) is 11.7. The van der Waals surface area contributed by atoms with Gasteiger partial charge in [0.1, 0.15) is 22.4 Å². The number of nitrogens with zero attached hydrogens (tertiary/aromatic N) is 4. The molecule has 18 heavy (non-hydrogen) atoms. The maximum atomic E-state index is 8.73. The van der Waals surface area contributed by atoms with E-state index in [9.17, 15) is 0 Å². The molecule has 1 aromatic rings. The highest BCUT2D eigenvalue weighted by Gasteiger charge is 2.15. The van der Waals surface area contributed by atoms with E-state index in [2.05, 4.69) is 56.0 Å². The first kappa shape index (κ1) is 14.7. The van der Waals surface area contributed by atoms with Gasteiger partial charge in [-0.15, -0.1) is 0 Å². The van der Waals surface area contributed by atoms with Crippen LogP contribution in [-0.4, -0.2) is 30.1 Å². The molecule has 0 radical (unpaired) electrons. The van der Waals surface area contributed by atoms with E-state index >= 15 is 0 Å². The van der Waals surface area contributed by atoms with Crippen LogP contribution in [0, 0.1) is 17.2 Å². The van der Waals surface area contributed by atoms with Crippen molar-refractivity contribution in [2.75, 3.05) is 30.4 Å². The summed E-state index contributed by atoms with van der Waals surface area (Å²) in [6.07, 6.45) is 2.02. The van der Waals surface area contributed by atoms with Gasteiger partial charge in [-0.1, -0.05) is 13.8 Å². The normalized spacial score (nSPS) is 10.2. The zero-order chi connectivity index (χ0) is 13.5. The van der Waals surface area contributed by atoms with E-state index in [1.807, 2.05) is 7.05 Å². The number of aromatic nitrogens is 2. The molecule has 0 saturated heterocycles. The monoisotopic (exact) mass is 311 g/mol. The van der Waals surface area contributed by atoms with Gasteiger partial charge in [-0.3, -0.25) is 0 Å². The Morgan fingerprint density at radius 1 is 1.50 bits per heavy atom. The fourth-order valence-corrected chi connectivity index (χ4v) is 2.32. The maximum Gasteiger partial charge on any atom is 0.148 e. The van der Waals surface area contributed by atoms with Gasteiger partial charge < -0.3 is 10.2 Å². The van der Waals surface area contributed by atoms with E-state index in [0.717, 1.165) is 22.7 Å². The van der Waals surface area contributed by atoms with Gasteiger partial charge in [0.15, 0.2) is 0 Å². The second-order valence-electron chi connectivity index (χ2n) is 4.36. The van der Waals surface area contributed by atoms with Crippen LogP contribution in [0.15, 0.2) is 10.8 Å². The third-order valence-electron chi connectivity index (χ3n) is 2.39. The molecule has 0 aromatic carbocycles. The Hall–Kier alpha value is -1.35. The number of anilines is 2. The van der Waals surface area contributed by atoms with Gasteiger partial charge in [0, 0.05) is 20.1 Å². The summed E-state index contributed by atoms with van der Waals surface area (Å²) >= 11 is 3.51. The molecule has 1 N–H and O–H groups in total. The molecular weight excluding hydrogens is 294 g/mol. The van der Waals surface area contributed by atoms with Crippen molar-refractivity contribution in [3.05, 3.63) is 10.8 Å². The van der Waals surface area contributed by atoms with Crippen LogP contribution < -0.4 is 10.2 Å². The van der Waals surface area contributed by atoms with Gasteiger partial charge in [-0.05, 0) is 21.8 Å². The third kappa shape index (κ3) is 3.84. The Morgan fingerprint density at radius 3 is 2.78 bits per heavy atom. The van der Waals surface area contributed by atoms with Crippen molar-refractivity contribution < 1.29 is 0 Å². The minimum absolute atomic E-state index is 0.484. The molecule has 0 unspecified atom stereocenters. The van der Waals surface area contributed by atoms with Crippen LogP contribution in [0.2, 0.25) is 0 Å². The van der Waals surface area contributed by atoms with Crippen LogP contribution in [0.1, 0.15) is 20.3 Å². The number of hydrogen-bond acceptors (Lipinski definition) is 5. The van der Waals surface area contributed by atoms with Crippen molar-refractivity contribution in [1.29, 1.82) is 5.26 Å². The Balaban J connectivity index is 3.00. The van der Waals surface area contributed by atoms with Crippen molar-refractivity contribution in [3.8, 4) is 6.07 Å². The lowest BCUT2D eigenvalue weighted by atomic mass is 10.2. The van der Waals surface area contributed by atoms with Crippen LogP contribution in [0.25, 0.3) is 0 Å². The molecule has 0 atom stereocenters. The van der Waals surface area contributed by atoms with Gasteiger partial charge >= 0.3 is 0 Å². The first-order valence-corrected chi connectivity index (χ1v) is 6.69. The molecule has 1 aromatic heterocycles. The molecule has 0 amide bonds. The summed E-state index contributed by atoms with van der Waals surface area (Å²) in [7, 11) is 1.82. The van der Waals surface area contributed by atoms with E-state index in [4.69, 9.17) is 5.26 Å². The number of nitriles is 1. The fourth-order valence-electron chi connectivity index (χ4n) is 1.66. The predicted octanol–water partition coefficient (Wildman–Crippen LogP) is 2.66. The second kappa shape index (κ2) is 7.17. The van der Waals surface area contributed by atoms with Gasteiger partial charge in [-0.2, -0.15) is 5.26 Å². The first-order chi connectivity index (χ1) is 8.60. The molecule has 0 fully saturated rings. The molecule has 1 rings (SSSR count). The van der Waals surface area contributed by atoms with E-state index in [1.165, 1.54) is 6.33 Å². The first-order valence-electron chi connectivity index (χ1n) is 5.90. The third-order valence-corrected chi connectivity index (χ3v) is 3.12. The Labute approximate surface area is 116 Å². The number of nitrogens with one attached hydrogen (secondary N) is 1. The highest BCUT2D eigenvalue weighted by molar-refractivity contribution is 9.10. The number of hydrogen-bond donors (Lipinski definition) is 1. The van der Waals surface area contributed by atoms with E-state index in [0.29, 0.717) is 18.9 Å². The lowest BCUT2D eigenvalue weighted by molar-refractivity contribution is 0.606. The van der Waals surface area contributed by atoms with E-state index < -0.39 is 0 Å². The molecule has 0 aliphatic rings. The van der Waals surface area contributed by atoms with Crippen molar-refractivity contribution in [2.45, 2.75) is 20.3 Å². The summed E-state index contributed by atoms with van der Waals surface area (Å²) in [5.74, 6) is 2.09. The minimum Gasteiger partial charge on any atom is -0.372 e. The molecule has 0 spiro atoms. The van der Waals surface area contributed by atoms with Crippen molar-refractivity contribution >= 4 is 27.6 Å². The van der Waals surface area contributed by atoms with Gasteiger partial charge in [0.05, 0.1) is 12.5 Å². The summed E-state index contributed by atoms with van der Waals surface area (Å²) in [6.45, 7) is 5.83. The van der Waals surface area contributed by atoms with Crippen LogP contribution in [-0.2, 0) is 0 Å². The second-order valence-corrected chi connectivity index (χ2v) is 5.15. The molecule has 1 heterocycles. The van der Waals surface area contributed by atoms with Crippen molar-refractivity contribution in [2.24, 2.45) is 5.92 Å². The molecular formula is C12H18BrN5. The zero-order valence-corrected chi connectivity index (χ0v) is 12.5. The average Bonchev–Trinajstić information content (AvgIpc) is 2.34. The van der Waals surface area contributed by atoms with Gasteiger partial charge in [0.25, 0.3) is 0 Å². The molecule has 6 heteroatoms. The molecule has 0 aliphatic carbocycles. The fraction of sp³-hybridized carbons (Fsp3) is 0.583. The predicted molar refractivity (Wildman–Crippen MR) is 76.6 cm³/mol. The summed E-state index contributed by atoms with van der Waals surface area (Å²) in [4.78, 5) is 10.6. The molecule has 0 aliphatic heterocycles. The number of rotatable bonds is 6. The topological polar surface area (TPSA) is 64.8 Å². The SMILES string of the molecule is CNc1ncnc(N(CCC#N)CC(C)C)c1Br. The van der Waals surface area contributed by atoms with Gasteiger partial charge in [0.2, 0.25) is 0 Å². The zero-order valence-electron chi connectivity index (χ0n) is 10.9. The molecule has 0 bridgehead atoms. The number of halogens is 1. The summed E-state index contributed by atoms with van der Waals surface area (Å²) in [6, 6.07) is 2.17. The average molecular weight is 312 g/mol. The van der Waals surface area contributed by atoms with Crippen LogP contribution >= 0.6 is 15.9 Å². The quantitative estimate of drug-likeness (QED) is 0.875. The van der Waals surface area contributed by atoms with Crippen LogP contribution in [0.4, 0.5) is 11.6 Å². The van der Waals surface area contributed by atoms with E-state index in [-0.39, 0.29) is 0 Å². The Morgan fingerprint density at radius 2 is 2.22 bits per heavy atom. The minimum atomic E-state index is 0.484. The van der Waals surface area contributed by atoms with Crippen molar-refractivity contribution in [1.82, 2.24) is 9.97 Å². The highest BCUT2D eigenvalue weighted by atomic mass is 79.9. The van der Waals surface area contributed by atoms with Crippen LogP contribution in [0.3, 0.4) is 0 Å². The van der Waals surface area contributed by atoms with E-state index in [1.54, 1.807) is 0 Å². The maximum absolute atomic E-state index is 8.73. The lowest BCUT2D eigenvalue weighted by Crippen LogP contribution is -2.30. The Bertz CT molecular complexity index is 427. The summed E-state index contributed by atoms with van der Waals surface area (Å²) in [5.41, 5.74) is 0. The smallest absolute Gasteiger partial charge is 0.148 e. The standard InChI is InChI=1S/C12H18BrN5/c1-9(2)7-18(6-4-5-14)12-10(13)11(15-3)16-8-17-12/h8-9H,4,6-7H2,1-3H3,(H,15,16,17). The molecule has 0 saturated carbocycles. The molecule has 98 valence electrons. The largest absolute Gasteiger partial charge is 0.372 e. The molecule has 5 nitrogen and oxygen atoms in total. The van der Waals surface area contributed by atoms with Crippen molar-refractivity contribution in [3.63, 3.8) is 0 Å². The highest BCUT2D eigenvalue weighted by Crippen LogP contribution is 2.29. The lowest BCUT2D eigenvalue weighted by Gasteiger charge is -2.26. The van der Waals surface area contributed by atoms with Crippen LogP contribution in [0.5, 0.6) is 0 Å². The Kier molecular flexibility index (Phi) is 5.86. The van der Waals surface area contributed by atoms with Gasteiger partial charge in [-0.25, -0.2) is 9.97 Å². The summed E-state index contributed by atoms with van der Waals surface area (Å²) < 4.78 is 0.839.